The second-order valence-corrected chi connectivity index (χ2v) is 7.22. The van der Waals surface area contributed by atoms with Crippen molar-refractivity contribution in [3.05, 3.63) is 95.6 Å². The Morgan fingerprint density at radius 2 is 1.14 bits per heavy atom. The summed E-state index contributed by atoms with van der Waals surface area (Å²) in [6.45, 7) is 4.33. The van der Waals surface area contributed by atoms with Crippen molar-refractivity contribution in [2.75, 3.05) is 14.2 Å². The molecule has 3 rings (SSSR count). The minimum Gasteiger partial charge on any atom is -0.497 e. The van der Waals surface area contributed by atoms with Gasteiger partial charge in [-0.3, -0.25) is 0 Å². The largest absolute Gasteiger partial charge is 0.497 e. The molecule has 0 amide bonds. The number of ether oxygens (including phenoxy) is 3. The lowest BCUT2D eigenvalue weighted by atomic mass is 9.79. The van der Waals surface area contributed by atoms with Crippen molar-refractivity contribution >= 4 is 0 Å². The Morgan fingerprint density at radius 1 is 0.690 bits per heavy atom. The molecule has 0 saturated carbocycles. The van der Waals surface area contributed by atoms with Gasteiger partial charge in [0.05, 0.1) is 20.3 Å². The van der Waals surface area contributed by atoms with E-state index in [-0.39, 0.29) is 6.10 Å². The zero-order chi connectivity index (χ0) is 20.7. The van der Waals surface area contributed by atoms with E-state index in [0.29, 0.717) is 0 Å². The molecular weight excluding hydrogens is 360 g/mol. The Balaban J connectivity index is 2.24. The predicted molar refractivity (Wildman–Crippen MR) is 118 cm³/mol. The molecule has 3 aromatic rings. The van der Waals surface area contributed by atoms with Crippen molar-refractivity contribution in [3.63, 3.8) is 0 Å². The zero-order valence-electron chi connectivity index (χ0n) is 17.7. The lowest BCUT2D eigenvalue weighted by molar-refractivity contribution is -0.0420. The highest BCUT2D eigenvalue weighted by Gasteiger charge is 2.39. The van der Waals surface area contributed by atoms with Crippen molar-refractivity contribution in [1.82, 2.24) is 0 Å². The van der Waals surface area contributed by atoms with Crippen LogP contribution >= 0.6 is 0 Å². The van der Waals surface area contributed by atoms with Crippen molar-refractivity contribution in [1.29, 1.82) is 0 Å². The molecule has 1 atom stereocenters. The van der Waals surface area contributed by atoms with Crippen LogP contribution in [0.1, 0.15) is 43.4 Å². The number of methoxy groups -OCH3 is 2. The summed E-state index contributed by atoms with van der Waals surface area (Å²) in [4.78, 5) is 0. The Bertz CT molecular complexity index is 823. The number of rotatable bonds is 9. The summed E-state index contributed by atoms with van der Waals surface area (Å²) in [6, 6.07) is 26.7. The van der Waals surface area contributed by atoms with Crippen LogP contribution in [0.2, 0.25) is 0 Å². The fourth-order valence-corrected chi connectivity index (χ4v) is 3.80. The summed E-state index contributed by atoms with van der Waals surface area (Å²) in [7, 11) is 3.37. The van der Waals surface area contributed by atoms with Crippen molar-refractivity contribution < 1.29 is 14.2 Å². The number of benzene rings is 3. The van der Waals surface area contributed by atoms with Gasteiger partial charge in [-0.25, -0.2) is 0 Å². The van der Waals surface area contributed by atoms with Crippen LogP contribution < -0.4 is 9.47 Å². The number of hydrogen-bond acceptors (Lipinski definition) is 3. The van der Waals surface area contributed by atoms with E-state index in [2.05, 4.69) is 62.4 Å². The molecule has 0 N–H and O–H groups in total. The molecule has 0 aliphatic carbocycles. The van der Waals surface area contributed by atoms with Crippen LogP contribution in [-0.2, 0) is 10.3 Å². The molecule has 0 aromatic heterocycles. The first-order valence-corrected chi connectivity index (χ1v) is 10.2. The minimum absolute atomic E-state index is 0.0874. The van der Waals surface area contributed by atoms with Gasteiger partial charge in [0.2, 0.25) is 0 Å². The van der Waals surface area contributed by atoms with Crippen LogP contribution in [0.15, 0.2) is 78.9 Å². The molecule has 0 bridgehead atoms. The van der Waals surface area contributed by atoms with Gasteiger partial charge in [-0.05, 0) is 54.3 Å². The lowest BCUT2D eigenvalue weighted by Gasteiger charge is -2.38. The molecule has 3 aromatic carbocycles. The zero-order valence-corrected chi connectivity index (χ0v) is 17.7. The Hall–Kier alpha value is -2.78. The maximum Gasteiger partial charge on any atom is 0.144 e. The third kappa shape index (κ3) is 4.46. The van der Waals surface area contributed by atoms with E-state index >= 15 is 0 Å². The standard InChI is InChI=1S/C26H30O3/c1-5-9-20(2)29-26(21-10-7-6-8-11-21,22-12-16-24(27-3)17-13-22)23-14-18-25(28-4)19-15-23/h6-8,10-20H,5,9H2,1-4H3. The van der Waals surface area contributed by atoms with E-state index in [4.69, 9.17) is 14.2 Å². The SMILES string of the molecule is CCCC(C)OC(c1ccccc1)(c1ccc(OC)cc1)c1ccc(OC)cc1. The lowest BCUT2D eigenvalue weighted by Crippen LogP contribution is -2.36. The molecule has 0 aliphatic rings. The molecule has 0 radical (unpaired) electrons. The third-order valence-corrected chi connectivity index (χ3v) is 5.25. The highest BCUT2D eigenvalue weighted by molar-refractivity contribution is 5.49. The monoisotopic (exact) mass is 390 g/mol. The van der Waals surface area contributed by atoms with Gasteiger partial charge in [0, 0.05) is 0 Å². The van der Waals surface area contributed by atoms with Gasteiger partial charge in [0.15, 0.2) is 0 Å². The molecule has 1 unspecified atom stereocenters. The van der Waals surface area contributed by atoms with Crippen LogP contribution in [0.4, 0.5) is 0 Å². The average molecular weight is 391 g/mol. The molecule has 3 nitrogen and oxygen atoms in total. The minimum atomic E-state index is -0.728. The quantitative estimate of drug-likeness (QED) is 0.407. The van der Waals surface area contributed by atoms with Gasteiger partial charge in [0.25, 0.3) is 0 Å². The fraction of sp³-hybridized carbons (Fsp3) is 0.308. The molecule has 0 heterocycles. The van der Waals surface area contributed by atoms with Gasteiger partial charge in [-0.1, -0.05) is 67.9 Å². The van der Waals surface area contributed by atoms with E-state index in [1.165, 1.54) is 0 Å². The van der Waals surface area contributed by atoms with Crippen LogP contribution in [0.5, 0.6) is 11.5 Å². The number of hydrogen-bond donors (Lipinski definition) is 0. The summed E-state index contributed by atoms with van der Waals surface area (Å²) in [5, 5.41) is 0. The molecule has 152 valence electrons. The van der Waals surface area contributed by atoms with Gasteiger partial charge >= 0.3 is 0 Å². The first-order valence-electron chi connectivity index (χ1n) is 10.2. The highest BCUT2D eigenvalue weighted by atomic mass is 16.5. The van der Waals surface area contributed by atoms with E-state index < -0.39 is 5.60 Å². The third-order valence-electron chi connectivity index (χ3n) is 5.25. The second kappa shape index (κ2) is 9.62. The van der Waals surface area contributed by atoms with Gasteiger partial charge in [0.1, 0.15) is 17.1 Å². The van der Waals surface area contributed by atoms with Gasteiger partial charge in [-0.15, -0.1) is 0 Å². The molecular formula is C26H30O3. The van der Waals surface area contributed by atoms with Crippen molar-refractivity contribution in [2.24, 2.45) is 0 Å². The second-order valence-electron chi connectivity index (χ2n) is 7.22. The van der Waals surface area contributed by atoms with Crippen LogP contribution in [-0.4, -0.2) is 20.3 Å². The Morgan fingerprint density at radius 3 is 1.55 bits per heavy atom. The first-order chi connectivity index (χ1) is 14.1. The molecule has 0 fully saturated rings. The summed E-state index contributed by atoms with van der Waals surface area (Å²) in [5.74, 6) is 1.65. The summed E-state index contributed by atoms with van der Waals surface area (Å²) < 4.78 is 17.7. The maximum absolute atomic E-state index is 6.90. The topological polar surface area (TPSA) is 27.7 Å². The molecule has 0 aliphatic heterocycles. The first kappa shape index (κ1) is 20.9. The smallest absolute Gasteiger partial charge is 0.144 e. The Labute approximate surface area is 174 Å². The summed E-state index contributed by atoms with van der Waals surface area (Å²) in [5.41, 5.74) is 2.50. The molecule has 3 heteroatoms. The van der Waals surface area contributed by atoms with Crippen LogP contribution in [0, 0.1) is 0 Å². The van der Waals surface area contributed by atoms with E-state index in [0.717, 1.165) is 41.0 Å². The van der Waals surface area contributed by atoms with Crippen LogP contribution in [0.25, 0.3) is 0 Å². The summed E-state index contributed by atoms with van der Waals surface area (Å²) >= 11 is 0. The highest BCUT2D eigenvalue weighted by Crippen LogP contribution is 2.42. The molecule has 29 heavy (non-hydrogen) atoms. The molecule has 0 spiro atoms. The van der Waals surface area contributed by atoms with E-state index in [1.54, 1.807) is 14.2 Å². The predicted octanol–water partition coefficient (Wildman–Crippen LogP) is 6.20. The van der Waals surface area contributed by atoms with Crippen molar-refractivity contribution in [2.45, 2.75) is 38.4 Å². The van der Waals surface area contributed by atoms with E-state index in [1.807, 2.05) is 30.3 Å². The van der Waals surface area contributed by atoms with Crippen LogP contribution in [0.3, 0.4) is 0 Å². The fourth-order valence-electron chi connectivity index (χ4n) is 3.80. The normalized spacial score (nSPS) is 12.4. The Kier molecular flexibility index (Phi) is 6.95. The average Bonchev–Trinajstić information content (AvgIpc) is 2.78. The summed E-state index contributed by atoms with van der Waals surface area (Å²) in [6.07, 6.45) is 2.14. The van der Waals surface area contributed by atoms with Crippen molar-refractivity contribution in [3.8, 4) is 11.5 Å². The maximum atomic E-state index is 6.90. The van der Waals surface area contributed by atoms with E-state index in [9.17, 15) is 0 Å². The van der Waals surface area contributed by atoms with Gasteiger partial charge in [-0.2, -0.15) is 0 Å². The molecule has 0 saturated heterocycles. The van der Waals surface area contributed by atoms with Gasteiger partial charge < -0.3 is 14.2 Å².